The number of nitrogens with one attached hydrogen (secondary N) is 1. The third kappa shape index (κ3) is 6.15. The summed E-state index contributed by atoms with van der Waals surface area (Å²) in [5.74, 6) is -2.25. The van der Waals surface area contributed by atoms with Crippen LogP contribution in [-0.4, -0.2) is 33.9 Å². The molecule has 0 fully saturated rings. The fourth-order valence-corrected chi connectivity index (χ4v) is 6.12. The van der Waals surface area contributed by atoms with E-state index in [0.29, 0.717) is 44.8 Å². The van der Waals surface area contributed by atoms with Crippen LogP contribution in [0.2, 0.25) is 0 Å². The van der Waals surface area contributed by atoms with Gasteiger partial charge in [-0.1, -0.05) is 30.3 Å². The van der Waals surface area contributed by atoms with Crippen molar-refractivity contribution < 1.29 is 30.4 Å². The fraction of sp³-hybridized carbons (Fsp3) is 0.0714. The van der Waals surface area contributed by atoms with Crippen molar-refractivity contribution in [1.29, 1.82) is 0 Å². The Balaban J connectivity index is 1.51. The van der Waals surface area contributed by atoms with Crippen LogP contribution in [0.5, 0.6) is 5.88 Å². The number of hydrogen-bond acceptors (Lipinski definition) is 8. The lowest BCUT2D eigenvalue weighted by atomic mass is 10.00. The SMILES string of the molecule is COc1ncc(-c2ccc3nc(N)c(-c4ccc(CS(N)(=O)=O)cc4)cc3c2)cc1NS(=O)(=O)c1ccc(F)cc1F. The van der Waals surface area contributed by atoms with E-state index in [0.717, 1.165) is 12.1 Å². The van der Waals surface area contributed by atoms with Gasteiger partial charge in [0.25, 0.3) is 10.0 Å². The molecular weight excluding hydrogens is 588 g/mol. The first-order valence-corrected chi connectivity index (χ1v) is 15.4. The Morgan fingerprint density at radius 1 is 0.881 bits per heavy atom. The monoisotopic (exact) mass is 611 g/mol. The number of nitrogen functional groups attached to an aromatic ring is 1. The molecule has 0 aliphatic rings. The number of ether oxygens (including phenoxy) is 1. The highest BCUT2D eigenvalue weighted by molar-refractivity contribution is 7.92. The van der Waals surface area contributed by atoms with Gasteiger partial charge in [-0.3, -0.25) is 4.72 Å². The molecule has 0 aliphatic heterocycles. The van der Waals surface area contributed by atoms with Gasteiger partial charge in [-0.05, 0) is 53.1 Å². The molecule has 0 saturated carbocycles. The summed E-state index contributed by atoms with van der Waals surface area (Å²) in [7, 11) is -6.83. The van der Waals surface area contributed by atoms with Crippen molar-refractivity contribution in [2.75, 3.05) is 17.6 Å². The molecule has 216 valence electrons. The molecule has 0 atom stereocenters. The minimum absolute atomic E-state index is 0.0606. The van der Waals surface area contributed by atoms with Crippen LogP contribution in [0.1, 0.15) is 5.56 Å². The van der Waals surface area contributed by atoms with Gasteiger partial charge in [0.05, 0.1) is 18.4 Å². The van der Waals surface area contributed by atoms with Crippen molar-refractivity contribution in [3.63, 3.8) is 0 Å². The summed E-state index contributed by atoms with van der Waals surface area (Å²) in [5, 5.41) is 5.83. The maximum atomic E-state index is 14.2. The molecule has 3 aromatic carbocycles. The van der Waals surface area contributed by atoms with E-state index in [1.165, 1.54) is 19.4 Å². The van der Waals surface area contributed by atoms with E-state index in [4.69, 9.17) is 15.6 Å². The van der Waals surface area contributed by atoms with Crippen LogP contribution >= 0.6 is 0 Å². The lowest BCUT2D eigenvalue weighted by molar-refractivity contribution is 0.400. The molecule has 5 N–H and O–H groups in total. The van der Waals surface area contributed by atoms with Crippen LogP contribution in [0.4, 0.5) is 20.3 Å². The minimum atomic E-state index is -4.46. The van der Waals surface area contributed by atoms with Gasteiger partial charge < -0.3 is 10.5 Å². The van der Waals surface area contributed by atoms with Gasteiger partial charge in [0, 0.05) is 28.8 Å². The number of anilines is 2. The van der Waals surface area contributed by atoms with E-state index in [1.54, 1.807) is 36.4 Å². The van der Waals surface area contributed by atoms with E-state index in [2.05, 4.69) is 14.7 Å². The molecule has 0 spiro atoms. The summed E-state index contributed by atoms with van der Waals surface area (Å²) in [6.07, 6.45) is 1.48. The second kappa shape index (κ2) is 11.0. The van der Waals surface area contributed by atoms with Gasteiger partial charge in [-0.15, -0.1) is 0 Å². The molecule has 14 heteroatoms. The maximum absolute atomic E-state index is 14.2. The zero-order valence-corrected chi connectivity index (χ0v) is 23.5. The summed E-state index contributed by atoms with van der Waals surface area (Å²) >= 11 is 0. The van der Waals surface area contributed by atoms with Crippen molar-refractivity contribution in [1.82, 2.24) is 9.97 Å². The molecule has 2 heterocycles. The molecule has 0 radical (unpaired) electrons. The highest BCUT2D eigenvalue weighted by Gasteiger charge is 2.22. The quantitative estimate of drug-likeness (QED) is 0.232. The Morgan fingerprint density at radius 2 is 1.60 bits per heavy atom. The number of pyridine rings is 2. The first-order chi connectivity index (χ1) is 19.8. The summed E-state index contributed by atoms with van der Waals surface area (Å²) in [6, 6.07) is 17.5. The maximum Gasteiger partial charge on any atom is 0.264 e. The van der Waals surface area contributed by atoms with Crippen molar-refractivity contribution in [3.05, 3.63) is 96.2 Å². The summed E-state index contributed by atoms with van der Waals surface area (Å²) in [5.41, 5.74) is 9.75. The Morgan fingerprint density at radius 3 is 2.26 bits per heavy atom. The largest absolute Gasteiger partial charge is 0.480 e. The molecule has 10 nitrogen and oxygen atoms in total. The minimum Gasteiger partial charge on any atom is -0.480 e. The summed E-state index contributed by atoms with van der Waals surface area (Å²) < 4.78 is 83.6. The number of halogens is 2. The second-order valence-electron chi connectivity index (χ2n) is 9.29. The molecule has 0 saturated heterocycles. The van der Waals surface area contributed by atoms with Crippen molar-refractivity contribution in [2.24, 2.45) is 5.14 Å². The average molecular weight is 612 g/mol. The zero-order chi connectivity index (χ0) is 30.2. The van der Waals surface area contributed by atoms with Crippen molar-refractivity contribution in [2.45, 2.75) is 10.6 Å². The van der Waals surface area contributed by atoms with Gasteiger partial charge in [0.2, 0.25) is 15.9 Å². The lowest BCUT2D eigenvalue weighted by Crippen LogP contribution is -2.15. The molecular formula is C28H23F2N5O5S2. The Bertz CT molecular complexity index is 2060. The number of nitrogens with zero attached hydrogens (tertiary/aromatic N) is 2. The van der Waals surface area contributed by atoms with Gasteiger partial charge in [0.1, 0.15) is 28.0 Å². The molecule has 5 rings (SSSR count). The van der Waals surface area contributed by atoms with E-state index in [1.807, 2.05) is 12.1 Å². The topological polar surface area (TPSA) is 167 Å². The summed E-state index contributed by atoms with van der Waals surface area (Å²) in [4.78, 5) is 7.93. The van der Waals surface area contributed by atoms with E-state index in [9.17, 15) is 25.6 Å². The average Bonchev–Trinajstić information content (AvgIpc) is 2.91. The standard InChI is InChI=1S/C28H23F2N5O5S2/c1-40-28-25(35-42(38,39)26-9-7-21(29)13-23(26)30)12-20(14-33-28)18-6-8-24-19(10-18)11-22(27(31)34-24)17-4-2-16(3-5-17)15-41(32,36)37/h2-14,35H,15H2,1H3,(H2,31,34)(H2,32,36,37). The van der Waals surface area contributed by atoms with Gasteiger partial charge in [-0.2, -0.15) is 0 Å². The Labute approximate surface area is 240 Å². The molecule has 42 heavy (non-hydrogen) atoms. The normalized spacial score (nSPS) is 11.9. The van der Waals surface area contributed by atoms with E-state index in [-0.39, 0.29) is 23.1 Å². The van der Waals surface area contributed by atoms with Crippen molar-refractivity contribution >= 4 is 42.5 Å². The number of methoxy groups -OCH3 is 1. The van der Waals surface area contributed by atoms with Crippen LogP contribution in [0, 0.1) is 11.6 Å². The number of primary sulfonamides is 1. The van der Waals surface area contributed by atoms with Crippen LogP contribution < -0.4 is 20.3 Å². The third-order valence-corrected chi connectivity index (χ3v) is 8.42. The zero-order valence-electron chi connectivity index (χ0n) is 21.9. The first kappa shape index (κ1) is 28.9. The number of rotatable bonds is 8. The van der Waals surface area contributed by atoms with Crippen LogP contribution in [0.15, 0.2) is 83.9 Å². The van der Waals surface area contributed by atoms with Crippen LogP contribution in [0.3, 0.4) is 0 Å². The second-order valence-corrected chi connectivity index (χ2v) is 12.6. The Kier molecular flexibility index (Phi) is 7.53. The highest BCUT2D eigenvalue weighted by atomic mass is 32.2. The first-order valence-electron chi connectivity index (χ1n) is 12.2. The number of fused-ring (bicyclic) bond motifs is 1. The van der Waals surface area contributed by atoms with E-state index >= 15 is 0 Å². The smallest absolute Gasteiger partial charge is 0.264 e. The molecule has 0 amide bonds. The van der Waals surface area contributed by atoms with Gasteiger partial charge in [0.15, 0.2) is 0 Å². The van der Waals surface area contributed by atoms with Crippen LogP contribution in [-0.2, 0) is 25.8 Å². The predicted molar refractivity (Wildman–Crippen MR) is 155 cm³/mol. The molecule has 2 aromatic heterocycles. The van der Waals surface area contributed by atoms with E-state index < -0.39 is 36.6 Å². The number of aromatic nitrogens is 2. The number of sulfonamides is 2. The molecule has 0 aliphatic carbocycles. The van der Waals surface area contributed by atoms with Gasteiger partial charge >= 0.3 is 0 Å². The highest BCUT2D eigenvalue weighted by Crippen LogP contribution is 2.34. The molecule has 0 bridgehead atoms. The number of hydrogen-bond donors (Lipinski definition) is 3. The number of nitrogens with two attached hydrogens (primary N) is 2. The van der Waals surface area contributed by atoms with Crippen LogP contribution in [0.25, 0.3) is 33.2 Å². The van der Waals surface area contributed by atoms with Crippen molar-refractivity contribution in [3.8, 4) is 28.1 Å². The molecule has 5 aromatic rings. The predicted octanol–water partition coefficient (Wildman–Crippen LogP) is 4.42. The lowest BCUT2D eigenvalue weighted by Gasteiger charge is -2.14. The number of benzene rings is 3. The summed E-state index contributed by atoms with van der Waals surface area (Å²) in [6.45, 7) is 0. The third-order valence-electron chi connectivity index (χ3n) is 6.28. The van der Waals surface area contributed by atoms with Gasteiger partial charge in [-0.25, -0.2) is 40.7 Å². The fourth-order valence-electron chi connectivity index (χ4n) is 4.35. The molecule has 0 unspecified atom stereocenters. The Hall–Kier alpha value is -4.66.